The van der Waals surface area contributed by atoms with Gasteiger partial charge in [0.2, 0.25) is 5.91 Å². The van der Waals surface area contributed by atoms with E-state index >= 15 is 0 Å². The number of carbonyl (C=O) groups excluding carboxylic acids is 2. The summed E-state index contributed by atoms with van der Waals surface area (Å²) in [6.45, 7) is 9.46. The van der Waals surface area contributed by atoms with Crippen molar-refractivity contribution in [1.82, 2.24) is 15.1 Å². The third kappa shape index (κ3) is 6.40. The van der Waals surface area contributed by atoms with Crippen LogP contribution in [-0.2, 0) is 17.9 Å². The van der Waals surface area contributed by atoms with Gasteiger partial charge in [0.1, 0.15) is 5.69 Å². The van der Waals surface area contributed by atoms with Crippen LogP contribution in [-0.4, -0.2) is 65.8 Å². The van der Waals surface area contributed by atoms with Crippen LogP contribution in [0.5, 0.6) is 0 Å². The highest BCUT2D eigenvalue weighted by Crippen LogP contribution is 2.30. The number of nitrogens with one attached hydrogen (secondary N) is 1. The number of rotatable bonds is 7. The molecule has 192 valence electrons. The molecule has 36 heavy (non-hydrogen) atoms. The molecule has 9 nitrogen and oxygen atoms in total. The van der Waals surface area contributed by atoms with Gasteiger partial charge in [-0.15, -0.1) is 0 Å². The molecule has 2 aliphatic rings. The maximum Gasteiger partial charge on any atom is 0.293 e. The van der Waals surface area contributed by atoms with Crippen molar-refractivity contribution in [2.75, 3.05) is 44.2 Å². The van der Waals surface area contributed by atoms with Crippen LogP contribution in [0.2, 0.25) is 0 Å². The molecule has 2 aromatic carbocycles. The number of anilines is 1. The Hall–Kier alpha value is -3.46. The summed E-state index contributed by atoms with van der Waals surface area (Å²) in [5, 5.41) is 14.6. The van der Waals surface area contributed by atoms with Gasteiger partial charge in [-0.3, -0.25) is 24.6 Å². The molecule has 1 N–H and O–H groups in total. The first-order chi connectivity index (χ1) is 17.3. The lowest BCUT2D eigenvalue weighted by Crippen LogP contribution is -2.48. The Morgan fingerprint density at radius 1 is 1.03 bits per heavy atom. The largest absolute Gasteiger partial charge is 0.362 e. The monoisotopic (exact) mass is 493 g/mol. The van der Waals surface area contributed by atoms with Crippen LogP contribution < -0.4 is 10.2 Å². The van der Waals surface area contributed by atoms with Gasteiger partial charge < -0.3 is 15.1 Å². The van der Waals surface area contributed by atoms with Gasteiger partial charge in [0, 0.05) is 64.4 Å². The van der Waals surface area contributed by atoms with E-state index in [0.29, 0.717) is 38.4 Å². The van der Waals surface area contributed by atoms with Crippen LogP contribution in [0.3, 0.4) is 0 Å². The Bertz CT molecular complexity index is 1100. The number of nitro benzene ring substituents is 1. The predicted octanol–water partition coefficient (Wildman–Crippen LogP) is 3.43. The number of likely N-dealkylation sites (tertiary alicyclic amines) is 1. The van der Waals surface area contributed by atoms with Gasteiger partial charge in [-0.05, 0) is 48.6 Å². The highest BCUT2D eigenvalue weighted by molar-refractivity contribution is 5.95. The van der Waals surface area contributed by atoms with E-state index in [-0.39, 0.29) is 23.1 Å². The van der Waals surface area contributed by atoms with E-state index in [1.807, 2.05) is 17.0 Å². The molecular weight excluding hydrogens is 458 g/mol. The summed E-state index contributed by atoms with van der Waals surface area (Å²) in [6.07, 6.45) is 2.56. The Morgan fingerprint density at radius 2 is 1.72 bits per heavy atom. The van der Waals surface area contributed by atoms with Crippen molar-refractivity contribution in [3.05, 3.63) is 69.3 Å². The number of piperazine rings is 1. The van der Waals surface area contributed by atoms with Gasteiger partial charge in [-0.25, -0.2) is 0 Å². The summed E-state index contributed by atoms with van der Waals surface area (Å²) in [6, 6.07) is 12.8. The molecule has 2 aromatic rings. The minimum absolute atomic E-state index is 0.00226. The standard InChI is InChI=1S/C27H35N5O4/c1-20-4-3-11-29(18-20)19-23-7-5-22(6-8-23)17-28-27(34)24-9-10-25(26(16-24)32(35)36)31-14-12-30(13-15-31)21(2)33/h5-10,16,20H,3-4,11-15,17-19H2,1-2H3,(H,28,34). The van der Waals surface area contributed by atoms with Gasteiger partial charge in [0.05, 0.1) is 4.92 Å². The van der Waals surface area contributed by atoms with Crippen molar-refractivity contribution in [3.63, 3.8) is 0 Å². The first-order valence-corrected chi connectivity index (χ1v) is 12.7. The molecule has 2 saturated heterocycles. The van der Waals surface area contributed by atoms with Crippen LogP contribution in [0.15, 0.2) is 42.5 Å². The molecule has 1 unspecified atom stereocenters. The van der Waals surface area contributed by atoms with E-state index in [0.717, 1.165) is 31.1 Å². The maximum absolute atomic E-state index is 12.8. The summed E-state index contributed by atoms with van der Waals surface area (Å²) < 4.78 is 0. The van der Waals surface area contributed by atoms with Crippen molar-refractivity contribution in [2.24, 2.45) is 5.92 Å². The number of hydrogen-bond donors (Lipinski definition) is 1. The number of amides is 2. The van der Waals surface area contributed by atoms with Gasteiger partial charge in [0.25, 0.3) is 11.6 Å². The third-order valence-electron chi connectivity index (χ3n) is 7.12. The van der Waals surface area contributed by atoms with Crippen LogP contribution in [0, 0.1) is 16.0 Å². The van der Waals surface area contributed by atoms with Crippen LogP contribution in [0.4, 0.5) is 11.4 Å². The van der Waals surface area contributed by atoms with E-state index in [1.54, 1.807) is 17.0 Å². The molecule has 0 saturated carbocycles. The fourth-order valence-corrected chi connectivity index (χ4v) is 5.08. The first kappa shape index (κ1) is 25.6. The molecule has 0 spiro atoms. The fraction of sp³-hybridized carbons (Fsp3) is 0.481. The average molecular weight is 494 g/mol. The summed E-state index contributed by atoms with van der Waals surface area (Å²) in [5.41, 5.74) is 2.86. The lowest BCUT2D eigenvalue weighted by atomic mass is 9.99. The van der Waals surface area contributed by atoms with Gasteiger partial charge in [-0.1, -0.05) is 31.2 Å². The topological polar surface area (TPSA) is 99.0 Å². The molecule has 2 amide bonds. The Balaban J connectivity index is 1.35. The molecule has 4 rings (SSSR count). The number of piperidine rings is 1. The van der Waals surface area contributed by atoms with Gasteiger partial charge >= 0.3 is 0 Å². The number of benzene rings is 2. The third-order valence-corrected chi connectivity index (χ3v) is 7.12. The Morgan fingerprint density at radius 3 is 2.36 bits per heavy atom. The van der Waals surface area contributed by atoms with Crippen molar-refractivity contribution in [3.8, 4) is 0 Å². The summed E-state index contributed by atoms with van der Waals surface area (Å²) in [5.74, 6) is 0.398. The van der Waals surface area contributed by atoms with E-state index in [4.69, 9.17) is 0 Å². The SMILES string of the molecule is CC(=O)N1CCN(c2ccc(C(=O)NCc3ccc(CN4CCCC(C)C4)cc3)cc2[N+](=O)[O-])CC1. The van der Waals surface area contributed by atoms with Crippen LogP contribution in [0.25, 0.3) is 0 Å². The number of nitro groups is 1. The molecule has 0 radical (unpaired) electrons. The highest BCUT2D eigenvalue weighted by atomic mass is 16.6. The van der Waals surface area contributed by atoms with Gasteiger partial charge in [-0.2, -0.15) is 0 Å². The molecular formula is C27H35N5O4. The molecule has 0 bridgehead atoms. The minimum Gasteiger partial charge on any atom is -0.362 e. The van der Waals surface area contributed by atoms with E-state index in [9.17, 15) is 19.7 Å². The molecule has 2 fully saturated rings. The highest BCUT2D eigenvalue weighted by Gasteiger charge is 2.26. The Labute approximate surface area is 212 Å². The quantitative estimate of drug-likeness (QED) is 0.469. The second-order valence-corrected chi connectivity index (χ2v) is 9.94. The zero-order chi connectivity index (χ0) is 25.7. The smallest absolute Gasteiger partial charge is 0.293 e. The molecule has 9 heteroatoms. The number of hydrogen-bond acceptors (Lipinski definition) is 6. The van der Waals surface area contributed by atoms with Crippen molar-refractivity contribution in [2.45, 2.75) is 39.8 Å². The normalized spacial score (nSPS) is 18.7. The van der Waals surface area contributed by atoms with Crippen molar-refractivity contribution in [1.29, 1.82) is 0 Å². The van der Waals surface area contributed by atoms with Gasteiger partial charge in [0.15, 0.2) is 0 Å². The lowest BCUT2D eigenvalue weighted by molar-refractivity contribution is -0.384. The fourth-order valence-electron chi connectivity index (χ4n) is 5.08. The number of carbonyl (C=O) groups is 2. The second kappa shape index (κ2) is 11.5. The first-order valence-electron chi connectivity index (χ1n) is 12.7. The molecule has 2 aliphatic heterocycles. The zero-order valence-electron chi connectivity index (χ0n) is 21.1. The van der Waals surface area contributed by atoms with Crippen molar-refractivity contribution < 1.29 is 14.5 Å². The van der Waals surface area contributed by atoms with Crippen molar-refractivity contribution >= 4 is 23.2 Å². The zero-order valence-corrected chi connectivity index (χ0v) is 21.1. The van der Waals surface area contributed by atoms with E-state index in [2.05, 4.69) is 29.3 Å². The molecule has 2 heterocycles. The maximum atomic E-state index is 12.8. The van der Waals surface area contributed by atoms with Crippen LogP contribution >= 0.6 is 0 Å². The summed E-state index contributed by atoms with van der Waals surface area (Å²) in [7, 11) is 0. The van der Waals surface area contributed by atoms with E-state index < -0.39 is 4.92 Å². The minimum atomic E-state index is -0.453. The molecule has 0 aliphatic carbocycles. The van der Waals surface area contributed by atoms with E-state index in [1.165, 1.54) is 31.4 Å². The second-order valence-electron chi connectivity index (χ2n) is 9.94. The lowest BCUT2D eigenvalue weighted by Gasteiger charge is -2.35. The Kier molecular flexibility index (Phi) is 8.20. The average Bonchev–Trinajstić information content (AvgIpc) is 2.88. The summed E-state index contributed by atoms with van der Waals surface area (Å²) >= 11 is 0. The molecule has 0 aromatic heterocycles. The predicted molar refractivity (Wildman–Crippen MR) is 139 cm³/mol. The van der Waals surface area contributed by atoms with Crippen LogP contribution in [0.1, 0.15) is 48.2 Å². The summed E-state index contributed by atoms with van der Waals surface area (Å²) in [4.78, 5) is 41.7. The number of nitrogens with zero attached hydrogens (tertiary/aromatic N) is 4. The molecule has 1 atom stereocenters.